The topological polar surface area (TPSA) is 59.0 Å². The Morgan fingerprint density at radius 2 is 1.82 bits per heavy atom. The maximum absolute atomic E-state index is 9.23. The van der Waals surface area contributed by atoms with Crippen LogP contribution in [-0.4, -0.2) is 12.1 Å². The fourth-order valence-electron chi connectivity index (χ4n) is 1.90. The Kier molecular flexibility index (Phi) is 4.12. The molecule has 0 bridgehead atoms. The molecule has 22 heavy (non-hydrogen) atoms. The van der Waals surface area contributed by atoms with Crippen molar-refractivity contribution in [1.82, 2.24) is 4.98 Å². The van der Waals surface area contributed by atoms with Crippen molar-refractivity contribution in [1.29, 1.82) is 5.26 Å². The lowest BCUT2D eigenvalue weighted by molar-refractivity contribution is 0.414. The smallest absolute Gasteiger partial charge is 0.228 e. The first-order chi connectivity index (χ1) is 10.8. The molecule has 0 atom stereocenters. The van der Waals surface area contributed by atoms with E-state index in [4.69, 9.17) is 9.15 Å². The van der Waals surface area contributed by atoms with E-state index in [1.165, 1.54) is 11.8 Å². The zero-order valence-corrected chi connectivity index (χ0v) is 12.6. The lowest BCUT2D eigenvalue weighted by Crippen LogP contribution is -1.83. The monoisotopic (exact) mass is 308 g/mol. The molecule has 0 fully saturated rings. The van der Waals surface area contributed by atoms with E-state index in [-0.39, 0.29) is 0 Å². The molecule has 0 radical (unpaired) electrons. The first-order valence-electron chi connectivity index (χ1n) is 6.58. The molecule has 0 N–H and O–H groups in total. The second-order valence-electron chi connectivity index (χ2n) is 4.41. The molecule has 5 heteroatoms. The van der Waals surface area contributed by atoms with Crippen LogP contribution in [-0.2, 0) is 0 Å². The molecule has 0 saturated heterocycles. The van der Waals surface area contributed by atoms with Crippen LogP contribution in [0.2, 0.25) is 0 Å². The van der Waals surface area contributed by atoms with E-state index < -0.39 is 0 Å². The molecule has 4 nitrogen and oxygen atoms in total. The van der Waals surface area contributed by atoms with E-state index in [0.29, 0.717) is 16.7 Å². The number of hydrogen-bond acceptors (Lipinski definition) is 5. The van der Waals surface area contributed by atoms with Gasteiger partial charge in [-0.05, 0) is 48.2 Å². The molecule has 1 heterocycles. The molecule has 0 unspecified atom stereocenters. The highest BCUT2D eigenvalue weighted by Gasteiger charge is 2.15. The molecule has 0 amide bonds. The molecular weight excluding hydrogens is 296 g/mol. The lowest BCUT2D eigenvalue weighted by Gasteiger charge is -2.00. The SMILES string of the molecule is COc1ccc(-c2nc(C#N)c(Sc3ccccc3)o2)cc1. The Morgan fingerprint density at radius 3 is 2.45 bits per heavy atom. The van der Waals surface area contributed by atoms with Gasteiger partial charge in [0.1, 0.15) is 11.8 Å². The highest BCUT2D eigenvalue weighted by molar-refractivity contribution is 7.99. The van der Waals surface area contributed by atoms with Gasteiger partial charge in [-0.25, -0.2) is 0 Å². The number of rotatable bonds is 4. The highest BCUT2D eigenvalue weighted by Crippen LogP contribution is 2.34. The number of nitrogens with zero attached hydrogens (tertiary/aromatic N) is 2. The second-order valence-corrected chi connectivity index (χ2v) is 5.46. The molecule has 108 valence electrons. The summed E-state index contributed by atoms with van der Waals surface area (Å²) in [5, 5.41) is 9.73. The summed E-state index contributed by atoms with van der Waals surface area (Å²) in [6, 6.07) is 19.2. The molecule has 1 aromatic heterocycles. The van der Waals surface area contributed by atoms with Crippen LogP contribution in [0, 0.1) is 11.3 Å². The predicted octanol–water partition coefficient (Wildman–Crippen LogP) is 4.37. The van der Waals surface area contributed by atoms with Crippen LogP contribution in [0.15, 0.2) is 69.0 Å². The van der Waals surface area contributed by atoms with Gasteiger partial charge in [-0.2, -0.15) is 10.2 Å². The van der Waals surface area contributed by atoms with E-state index in [0.717, 1.165) is 16.2 Å². The minimum absolute atomic E-state index is 0.291. The van der Waals surface area contributed by atoms with Crippen molar-refractivity contribution < 1.29 is 9.15 Å². The summed E-state index contributed by atoms with van der Waals surface area (Å²) in [5.74, 6) is 1.19. The Balaban J connectivity index is 1.92. The standard InChI is InChI=1S/C17H12N2O2S/c1-20-13-9-7-12(8-10-13)16-19-15(11-18)17(21-16)22-14-5-3-2-4-6-14/h2-10H,1H3. The van der Waals surface area contributed by atoms with Crippen LogP contribution in [0.1, 0.15) is 5.69 Å². The molecule has 3 aromatic rings. The average Bonchev–Trinajstić information content (AvgIpc) is 2.99. The quantitative estimate of drug-likeness (QED) is 0.716. The maximum Gasteiger partial charge on any atom is 0.228 e. The number of benzene rings is 2. The van der Waals surface area contributed by atoms with Gasteiger partial charge in [0.15, 0.2) is 5.69 Å². The van der Waals surface area contributed by atoms with Crippen LogP contribution in [0.3, 0.4) is 0 Å². The van der Waals surface area contributed by atoms with Crippen molar-refractivity contribution in [3.05, 3.63) is 60.3 Å². The molecule has 0 aliphatic heterocycles. The van der Waals surface area contributed by atoms with E-state index in [1.54, 1.807) is 7.11 Å². The van der Waals surface area contributed by atoms with E-state index >= 15 is 0 Å². The normalized spacial score (nSPS) is 10.2. The number of ether oxygens (including phenoxy) is 1. The van der Waals surface area contributed by atoms with Gasteiger partial charge < -0.3 is 9.15 Å². The second kappa shape index (κ2) is 6.37. The van der Waals surface area contributed by atoms with Gasteiger partial charge >= 0.3 is 0 Å². The summed E-state index contributed by atoms with van der Waals surface area (Å²) in [7, 11) is 1.61. The fourth-order valence-corrected chi connectivity index (χ4v) is 2.71. The van der Waals surface area contributed by atoms with E-state index in [2.05, 4.69) is 11.1 Å². The van der Waals surface area contributed by atoms with Crippen molar-refractivity contribution in [2.75, 3.05) is 7.11 Å². The number of oxazole rings is 1. The number of nitriles is 1. The summed E-state index contributed by atoms with van der Waals surface area (Å²) in [4.78, 5) is 5.26. The third-order valence-corrected chi connectivity index (χ3v) is 3.96. The van der Waals surface area contributed by atoms with Gasteiger partial charge in [0, 0.05) is 10.5 Å². The van der Waals surface area contributed by atoms with Crippen LogP contribution in [0.25, 0.3) is 11.5 Å². The van der Waals surface area contributed by atoms with Crippen LogP contribution in [0.4, 0.5) is 0 Å². The third kappa shape index (κ3) is 2.97. The van der Waals surface area contributed by atoms with E-state index in [9.17, 15) is 5.26 Å². The molecule has 0 saturated carbocycles. The van der Waals surface area contributed by atoms with Crippen molar-refractivity contribution in [3.63, 3.8) is 0 Å². The summed E-state index contributed by atoms with van der Waals surface area (Å²) in [6.45, 7) is 0. The summed E-state index contributed by atoms with van der Waals surface area (Å²) in [5.41, 5.74) is 1.09. The fraction of sp³-hybridized carbons (Fsp3) is 0.0588. The molecule has 3 rings (SSSR count). The van der Waals surface area contributed by atoms with Gasteiger partial charge in [0.25, 0.3) is 0 Å². The van der Waals surface area contributed by atoms with Crippen molar-refractivity contribution in [2.45, 2.75) is 9.99 Å². The minimum atomic E-state index is 0.291. The van der Waals surface area contributed by atoms with E-state index in [1.807, 2.05) is 54.6 Å². The summed E-state index contributed by atoms with van der Waals surface area (Å²) < 4.78 is 10.9. The molecule has 2 aromatic carbocycles. The van der Waals surface area contributed by atoms with Crippen LogP contribution < -0.4 is 4.74 Å². The van der Waals surface area contributed by atoms with Gasteiger partial charge in [0.05, 0.1) is 7.11 Å². The molecule has 0 aliphatic carbocycles. The maximum atomic E-state index is 9.23. The van der Waals surface area contributed by atoms with Crippen LogP contribution in [0.5, 0.6) is 5.75 Å². The lowest BCUT2D eigenvalue weighted by atomic mass is 10.2. The van der Waals surface area contributed by atoms with Crippen molar-refractivity contribution in [2.24, 2.45) is 0 Å². The Bertz CT molecular complexity index is 805. The average molecular weight is 308 g/mol. The first-order valence-corrected chi connectivity index (χ1v) is 7.40. The molecular formula is C17H12N2O2S. The minimum Gasteiger partial charge on any atom is -0.497 e. The summed E-state index contributed by atoms with van der Waals surface area (Å²) in [6.07, 6.45) is 0. The Labute approximate surface area is 132 Å². The number of aromatic nitrogens is 1. The largest absolute Gasteiger partial charge is 0.497 e. The van der Waals surface area contributed by atoms with Crippen LogP contribution >= 0.6 is 11.8 Å². The summed E-state index contributed by atoms with van der Waals surface area (Å²) >= 11 is 1.39. The third-order valence-electron chi connectivity index (χ3n) is 2.99. The zero-order valence-electron chi connectivity index (χ0n) is 11.8. The molecule has 0 spiro atoms. The Hall–Kier alpha value is -2.71. The van der Waals surface area contributed by atoms with Gasteiger partial charge in [0.2, 0.25) is 11.0 Å². The van der Waals surface area contributed by atoms with Crippen molar-refractivity contribution in [3.8, 4) is 23.3 Å². The highest BCUT2D eigenvalue weighted by atomic mass is 32.2. The number of methoxy groups -OCH3 is 1. The van der Waals surface area contributed by atoms with Gasteiger partial charge in [-0.1, -0.05) is 18.2 Å². The number of hydrogen-bond donors (Lipinski definition) is 0. The van der Waals surface area contributed by atoms with Gasteiger partial charge in [-0.3, -0.25) is 0 Å². The first kappa shape index (κ1) is 14.2. The molecule has 0 aliphatic rings. The zero-order chi connectivity index (χ0) is 15.4. The Morgan fingerprint density at radius 1 is 1.09 bits per heavy atom. The van der Waals surface area contributed by atoms with Crippen molar-refractivity contribution >= 4 is 11.8 Å². The van der Waals surface area contributed by atoms with Gasteiger partial charge in [-0.15, -0.1) is 0 Å². The predicted molar refractivity (Wildman–Crippen MR) is 83.8 cm³/mol.